The third-order valence-electron chi connectivity index (χ3n) is 3.87. The molecule has 2 atom stereocenters. The van der Waals surface area contributed by atoms with Crippen LogP contribution in [0.15, 0.2) is 18.2 Å². The summed E-state index contributed by atoms with van der Waals surface area (Å²) < 4.78 is 38.2. The fourth-order valence-corrected chi connectivity index (χ4v) is 2.50. The first kappa shape index (κ1) is 19.5. The highest BCUT2D eigenvalue weighted by atomic mass is 35.5. The van der Waals surface area contributed by atoms with E-state index in [0.29, 0.717) is 19.5 Å². The molecule has 0 spiro atoms. The number of hydrogen-bond acceptors (Lipinski definition) is 3. The van der Waals surface area contributed by atoms with Crippen molar-refractivity contribution in [3.05, 3.63) is 28.8 Å². The normalized spacial score (nSPS) is 19.6. The van der Waals surface area contributed by atoms with E-state index in [4.69, 9.17) is 11.6 Å². The van der Waals surface area contributed by atoms with Crippen LogP contribution in [0.25, 0.3) is 0 Å². The monoisotopic (exact) mass is 377 g/mol. The molecule has 1 aliphatic rings. The zero-order valence-electron chi connectivity index (χ0n) is 13.8. The second-order valence-electron chi connectivity index (χ2n) is 6.22. The third kappa shape index (κ3) is 5.34. The SMILES string of the molecule is CN(C)CCNC(=O)C1CC1C(=O)Nc1cc(C(F)(F)F)ccc1Cl. The van der Waals surface area contributed by atoms with Gasteiger partial charge in [0.25, 0.3) is 0 Å². The minimum absolute atomic E-state index is 0.00832. The van der Waals surface area contributed by atoms with Crippen LogP contribution in [0.3, 0.4) is 0 Å². The van der Waals surface area contributed by atoms with Crippen LogP contribution in [0.5, 0.6) is 0 Å². The summed E-state index contributed by atoms with van der Waals surface area (Å²) in [4.78, 5) is 26.0. The molecular weight excluding hydrogens is 359 g/mol. The molecule has 5 nitrogen and oxygen atoms in total. The number of nitrogens with one attached hydrogen (secondary N) is 2. The average molecular weight is 378 g/mol. The highest BCUT2D eigenvalue weighted by molar-refractivity contribution is 6.33. The van der Waals surface area contributed by atoms with E-state index < -0.39 is 29.5 Å². The van der Waals surface area contributed by atoms with Crippen LogP contribution in [0.2, 0.25) is 5.02 Å². The van der Waals surface area contributed by atoms with Gasteiger partial charge in [-0.05, 0) is 38.7 Å². The second kappa shape index (κ2) is 7.61. The lowest BCUT2D eigenvalue weighted by Crippen LogP contribution is -2.33. The molecule has 0 aliphatic heterocycles. The van der Waals surface area contributed by atoms with Gasteiger partial charge >= 0.3 is 6.18 Å². The van der Waals surface area contributed by atoms with Crippen LogP contribution in [0, 0.1) is 11.8 Å². The van der Waals surface area contributed by atoms with E-state index in [2.05, 4.69) is 10.6 Å². The van der Waals surface area contributed by atoms with Gasteiger partial charge in [0.2, 0.25) is 11.8 Å². The summed E-state index contributed by atoms with van der Waals surface area (Å²) in [7, 11) is 3.75. The van der Waals surface area contributed by atoms with Crippen molar-refractivity contribution in [2.45, 2.75) is 12.6 Å². The molecule has 2 N–H and O–H groups in total. The maximum absolute atomic E-state index is 12.7. The van der Waals surface area contributed by atoms with Crippen LogP contribution < -0.4 is 10.6 Å². The van der Waals surface area contributed by atoms with Gasteiger partial charge in [-0.15, -0.1) is 0 Å². The average Bonchev–Trinajstić information content (AvgIpc) is 3.28. The second-order valence-corrected chi connectivity index (χ2v) is 6.63. The molecule has 138 valence electrons. The smallest absolute Gasteiger partial charge is 0.355 e. The van der Waals surface area contributed by atoms with Crippen molar-refractivity contribution in [2.75, 3.05) is 32.5 Å². The number of carbonyl (C=O) groups excluding carboxylic acids is 2. The van der Waals surface area contributed by atoms with Crippen molar-refractivity contribution in [2.24, 2.45) is 11.8 Å². The Morgan fingerprint density at radius 3 is 2.48 bits per heavy atom. The van der Waals surface area contributed by atoms with Gasteiger partial charge in [0, 0.05) is 13.1 Å². The lowest BCUT2D eigenvalue weighted by molar-refractivity contribution is -0.137. The summed E-state index contributed by atoms with van der Waals surface area (Å²) in [5, 5.41) is 5.12. The van der Waals surface area contributed by atoms with Crippen molar-refractivity contribution in [3.63, 3.8) is 0 Å². The quantitative estimate of drug-likeness (QED) is 0.801. The van der Waals surface area contributed by atoms with Crippen molar-refractivity contribution < 1.29 is 22.8 Å². The zero-order chi connectivity index (χ0) is 18.8. The Morgan fingerprint density at radius 2 is 1.88 bits per heavy atom. The molecule has 9 heteroatoms. The number of carbonyl (C=O) groups is 2. The van der Waals surface area contributed by atoms with Gasteiger partial charge in [-0.2, -0.15) is 13.2 Å². The first-order chi connectivity index (χ1) is 11.6. The van der Waals surface area contributed by atoms with E-state index in [-0.39, 0.29) is 16.6 Å². The number of rotatable bonds is 6. The summed E-state index contributed by atoms with van der Waals surface area (Å²) in [6.07, 6.45) is -4.16. The summed E-state index contributed by atoms with van der Waals surface area (Å²) in [5.74, 6) is -1.73. The molecule has 1 aliphatic carbocycles. The molecule has 25 heavy (non-hydrogen) atoms. The van der Waals surface area contributed by atoms with Gasteiger partial charge in [-0.3, -0.25) is 9.59 Å². The van der Waals surface area contributed by atoms with E-state index in [1.165, 1.54) is 0 Å². The van der Waals surface area contributed by atoms with Crippen LogP contribution in [0.1, 0.15) is 12.0 Å². The number of alkyl halides is 3. The fourth-order valence-electron chi connectivity index (χ4n) is 2.33. The summed E-state index contributed by atoms with van der Waals surface area (Å²) >= 11 is 5.85. The Labute approximate surface area is 148 Å². The molecule has 0 heterocycles. The minimum atomic E-state index is -4.53. The number of anilines is 1. The molecule has 0 saturated heterocycles. The standard InChI is InChI=1S/C16H19ClF3N3O2/c1-23(2)6-5-21-14(24)10-8-11(10)15(25)22-13-7-9(16(18,19)20)3-4-12(13)17/h3-4,7,10-11H,5-6,8H2,1-2H3,(H,21,24)(H,22,25). The summed E-state index contributed by atoms with van der Waals surface area (Å²) in [5.41, 5.74) is -1.01. The number of halogens is 4. The molecule has 1 aromatic rings. The lowest BCUT2D eigenvalue weighted by Gasteiger charge is -2.12. The van der Waals surface area contributed by atoms with Gasteiger partial charge in [-0.25, -0.2) is 0 Å². The molecule has 0 bridgehead atoms. The topological polar surface area (TPSA) is 61.4 Å². The Kier molecular flexibility index (Phi) is 5.95. The van der Waals surface area contributed by atoms with E-state index in [0.717, 1.165) is 18.2 Å². The number of nitrogens with zero attached hydrogens (tertiary/aromatic N) is 1. The number of hydrogen-bond donors (Lipinski definition) is 2. The van der Waals surface area contributed by atoms with Gasteiger partial charge < -0.3 is 15.5 Å². The first-order valence-electron chi connectivity index (χ1n) is 7.69. The largest absolute Gasteiger partial charge is 0.416 e. The fraction of sp³-hybridized carbons (Fsp3) is 0.500. The van der Waals surface area contributed by atoms with E-state index in [1.54, 1.807) is 0 Å². The molecule has 2 rings (SSSR count). The van der Waals surface area contributed by atoms with Gasteiger partial charge in [0.15, 0.2) is 0 Å². The third-order valence-corrected chi connectivity index (χ3v) is 4.20. The Morgan fingerprint density at radius 1 is 1.24 bits per heavy atom. The minimum Gasteiger partial charge on any atom is -0.355 e. The van der Waals surface area contributed by atoms with Crippen molar-refractivity contribution in [1.29, 1.82) is 0 Å². The Balaban J connectivity index is 1.92. The lowest BCUT2D eigenvalue weighted by atomic mass is 10.2. The highest BCUT2D eigenvalue weighted by Gasteiger charge is 2.48. The molecule has 1 aromatic carbocycles. The number of amides is 2. The predicted octanol–water partition coefficient (Wildman–Crippen LogP) is 2.61. The van der Waals surface area contributed by atoms with Crippen LogP contribution in [0.4, 0.5) is 18.9 Å². The van der Waals surface area contributed by atoms with Crippen molar-refractivity contribution in [1.82, 2.24) is 10.2 Å². The molecule has 2 unspecified atom stereocenters. The maximum Gasteiger partial charge on any atom is 0.416 e. The maximum atomic E-state index is 12.7. The first-order valence-corrected chi connectivity index (χ1v) is 8.07. The summed E-state index contributed by atoms with van der Waals surface area (Å²) in [6, 6.07) is 2.71. The highest BCUT2D eigenvalue weighted by Crippen LogP contribution is 2.40. The van der Waals surface area contributed by atoms with Gasteiger partial charge in [-0.1, -0.05) is 11.6 Å². The molecule has 1 saturated carbocycles. The molecule has 1 fully saturated rings. The molecule has 0 aromatic heterocycles. The molecule has 2 amide bonds. The van der Waals surface area contributed by atoms with E-state index >= 15 is 0 Å². The summed E-state index contributed by atoms with van der Waals surface area (Å²) in [6.45, 7) is 1.14. The van der Waals surface area contributed by atoms with E-state index in [9.17, 15) is 22.8 Å². The van der Waals surface area contributed by atoms with Gasteiger partial charge in [0.05, 0.1) is 28.1 Å². The van der Waals surface area contributed by atoms with Crippen LogP contribution in [-0.4, -0.2) is 43.9 Å². The van der Waals surface area contributed by atoms with Crippen molar-refractivity contribution >= 4 is 29.1 Å². The number of likely N-dealkylation sites (N-methyl/N-ethyl adjacent to an activating group) is 1. The number of benzene rings is 1. The van der Waals surface area contributed by atoms with Crippen LogP contribution in [-0.2, 0) is 15.8 Å². The molecule has 0 radical (unpaired) electrons. The Bertz CT molecular complexity index is 665. The van der Waals surface area contributed by atoms with Gasteiger partial charge in [0.1, 0.15) is 0 Å². The van der Waals surface area contributed by atoms with E-state index in [1.807, 2.05) is 19.0 Å². The Hall–Kier alpha value is -1.80. The molecular formula is C16H19ClF3N3O2. The van der Waals surface area contributed by atoms with Crippen LogP contribution >= 0.6 is 11.6 Å². The predicted molar refractivity (Wildman–Crippen MR) is 88.2 cm³/mol. The zero-order valence-corrected chi connectivity index (χ0v) is 14.5. The van der Waals surface area contributed by atoms with Crippen molar-refractivity contribution in [3.8, 4) is 0 Å².